The fourth-order valence-corrected chi connectivity index (χ4v) is 3.34. The molecule has 19 heavy (non-hydrogen) atoms. The number of fused-ring (bicyclic) bond motifs is 1. The van der Waals surface area contributed by atoms with Gasteiger partial charge in [-0.25, -0.2) is 0 Å². The molecule has 3 heterocycles. The molecule has 0 radical (unpaired) electrons. The summed E-state index contributed by atoms with van der Waals surface area (Å²) in [5.74, 6) is 0. The topological polar surface area (TPSA) is 32.3 Å². The molecule has 2 aromatic rings. The molecule has 3 rings (SSSR count). The van der Waals surface area contributed by atoms with Crippen LogP contribution in [0.1, 0.15) is 6.92 Å². The highest BCUT2D eigenvalue weighted by Crippen LogP contribution is 2.23. The highest BCUT2D eigenvalue weighted by atomic mass is 79.9. The lowest BCUT2D eigenvalue weighted by Crippen LogP contribution is -2.50. The van der Waals surface area contributed by atoms with Crippen LogP contribution < -0.4 is 4.90 Å². The first-order valence-corrected chi connectivity index (χ1v) is 7.52. The van der Waals surface area contributed by atoms with Crippen molar-refractivity contribution in [1.82, 2.24) is 14.9 Å². The second-order valence-corrected chi connectivity index (χ2v) is 5.83. The average molecular weight is 321 g/mol. The lowest BCUT2D eigenvalue weighted by molar-refractivity contribution is 0.252. The molecule has 4 nitrogen and oxygen atoms in total. The number of likely N-dealkylation sites (N-methyl/N-ethyl adjacent to an activating group) is 1. The molecule has 0 saturated carbocycles. The molecule has 1 atom stereocenters. The Morgan fingerprint density at radius 1 is 1.37 bits per heavy atom. The van der Waals surface area contributed by atoms with Crippen molar-refractivity contribution in [3.8, 4) is 0 Å². The number of rotatable bonds is 2. The highest BCUT2D eigenvalue weighted by Gasteiger charge is 2.23. The summed E-state index contributed by atoms with van der Waals surface area (Å²) in [5.41, 5.74) is 2.15. The minimum absolute atomic E-state index is 0.416. The lowest BCUT2D eigenvalue weighted by Gasteiger charge is -2.39. The molecule has 0 aliphatic carbocycles. The maximum atomic E-state index is 4.49. The average Bonchev–Trinajstić information content (AvgIpc) is 2.46. The van der Waals surface area contributed by atoms with Gasteiger partial charge in [-0.3, -0.25) is 14.9 Å². The Morgan fingerprint density at radius 3 is 3.05 bits per heavy atom. The van der Waals surface area contributed by atoms with Crippen molar-refractivity contribution in [2.45, 2.75) is 11.9 Å². The van der Waals surface area contributed by atoms with Crippen LogP contribution >= 0.6 is 15.9 Å². The molecule has 1 aliphatic heterocycles. The van der Waals surface area contributed by atoms with Gasteiger partial charge in [-0.05, 0) is 18.7 Å². The number of anilines is 1. The molecule has 1 aliphatic rings. The molecular weight excluding hydrogens is 304 g/mol. The second-order valence-electron chi connectivity index (χ2n) is 4.77. The van der Waals surface area contributed by atoms with E-state index in [0.717, 1.165) is 37.1 Å². The molecule has 1 saturated heterocycles. The summed E-state index contributed by atoms with van der Waals surface area (Å²) in [6.07, 6.45) is 5.57. The number of halogens is 1. The fraction of sp³-hybridized carbons (Fsp3) is 0.429. The Labute approximate surface area is 121 Å². The standard InChI is InChI=1S/C14H17BrN4/c1-2-18-5-6-19(10-14(18)15)12-7-11-3-4-16-9-13(11)17-8-12/h3-4,7-9,14H,2,5-6,10H2,1H3. The quantitative estimate of drug-likeness (QED) is 0.628. The summed E-state index contributed by atoms with van der Waals surface area (Å²) in [5, 5.41) is 1.15. The molecular formula is C14H17BrN4. The lowest BCUT2D eigenvalue weighted by atomic mass is 10.2. The molecule has 1 fully saturated rings. The molecule has 1 unspecified atom stereocenters. The largest absolute Gasteiger partial charge is 0.367 e. The monoisotopic (exact) mass is 320 g/mol. The minimum Gasteiger partial charge on any atom is -0.367 e. The molecule has 0 spiro atoms. The normalized spacial score (nSPS) is 20.9. The van der Waals surface area contributed by atoms with E-state index in [4.69, 9.17) is 0 Å². The van der Waals surface area contributed by atoms with Crippen molar-refractivity contribution in [3.63, 3.8) is 0 Å². The van der Waals surface area contributed by atoms with Gasteiger partial charge < -0.3 is 4.90 Å². The zero-order chi connectivity index (χ0) is 13.2. The molecule has 0 aromatic carbocycles. The summed E-state index contributed by atoms with van der Waals surface area (Å²) >= 11 is 3.76. The summed E-state index contributed by atoms with van der Waals surface area (Å²) in [6, 6.07) is 4.21. The van der Waals surface area contributed by atoms with Crippen molar-refractivity contribution in [3.05, 3.63) is 30.7 Å². The first-order valence-electron chi connectivity index (χ1n) is 6.61. The van der Waals surface area contributed by atoms with Gasteiger partial charge in [-0.15, -0.1) is 0 Å². The molecule has 0 N–H and O–H groups in total. The predicted octanol–water partition coefficient (Wildman–Crippen LogP) is 2.49. The van der Waals surface area contributed by atoms with Crippen LogP contribution in [0.4, 0.5) is 5.69 Å². The van der Waals surface area contributed by atoms with E-state index in [0.29, 0.717) is 4.95 Å². The summed E-state index contributed by atoms with van der Waals surface area (Å²) in [7, 11) is 0. The third-order valence-electron chi connectivity index (χ3n) is 3.67. The van der Waals surface area contributed by atoms with Crippen LogP contribution in [-0.2, 0) is 0 Å². The third-order valence-corrected chi connectivity index (χ3v) is 4.54. The van der Waals surface area contributed by atoms with Gasteiger partial charge in [-0.2, -0.15) is 0 Å². The minimum atomic E-state index is 0.416. The maximum Gasteiger partial charge on any atom is 0.0886 e. The first-order chi connectivity index (χ1) is 9.28. The number of alkyl halides is 1. The summed E-state index contributed by atoms with van der Waals surface area (Å²) in [6.45, 7) is 6.42. The zero-order valence-electron chi connectivity index (χ0n) is 11.0. The predicted molar refractivity (Wildman–Crippen MR) is 81.7 cm³/mol. The number of pyridine rings is 2. The maximum absolute atomic E-state index is 4.49. The van der Waals surface area contributed by atoms with Gasteiger partial charge in [0.05, 0.1) is 28.5 Å². The first kappa shape index (κ1) is 12.8. The fourth-order valence-electron chi connectivity index (χ4n) is 2.50. The summed E-state index contributed by atoms with van der Waals surface area (Å²) in [4.78, 5) is 13.8. The highest BCUT2D eigenvalue weighted by molar-refractivity contribution is 9.09. The molecule has 100 valence electrons. The smallest absolute Gasteiger partial charge is 0.0886 e. The molecule has 5 heteroatoms. The number of piperazine rings is 1. The number of aromatic nitrogens is 2. The number of hydrogen-bond donors (Lipinski definition) is 0. The van der Waals surface area contributed by atoms with E-state index in [2.05, 4.69) is 48.7 Å². The van der Waals surface area contributed by atoms with Gasteiger partial charge in [0, 0.05) is 31.2 Å². The van der Waals surface area contributed by atoms with E-state index in [1.54, 1.807) is 6.20 Å². The molecule has 0 amide bonds. The zero-order valence-corrected chi connectivity index (χ0v) is 12.5. The van der Waals surface area contributed by atoms with Crippen molar-refractivity contribution >= 4 is 32.5 Å². The Balaban J connectivity index is 1.84. The van der Waals surface area contributed by atoms with E-state index in [9.17, 15) is 0 Å². The SMILES string of the molecule is CCN1CCN(c2cnc3cnccc3c2)CC1Br. The summed E-state index contributed by atoms with van der Waals surface area (Å²) < 4.78 is 0. The van der Waals surface area contributed by atoms with Crippen LogP contribution in [0.25, 0.3) is 10.9 Å². The van der Waals surface area contributed by atoms with Gasteiger partial charge in [0.15, 0.2) is 0 Å². The third kappa shape index (κ3) is 2.58. The van der Waals surface area contributed by atoms with Gasteiger partial charge in [0.2, 0.25) is 0 Å². The number of hydrogen-bond acceptors (Lipinski definition) is 4. The van der Waals surface area contributed by atoms with E-state index in [-0.39, 0.29) is 0 Å². The van der Waals surface area contributed by atoms with Gasteiger partial charge in [-0.1, -0.05) is 22.9 Å². The van der Waals surface area contributed by atoms with E-state index < -0.39 is 0 Å². The van der Waals surface area contributed by atoms with Crippen molar-refractivity contribution in [1.29, 1.82) is 0 Å². The van der Waals surface area contributed by atoms with Crippen LogP contribution in [0.3, 0.4) is 0 Å². The van der Waals surface area contributed by atoms with E-state index in [1.165, 1.54) is 5.69 Å². The Hall–Kier alpha value is -1.20. The van der Waals surface area contributed by atoms with Crippen molar-refractivity contribution in [2.24, 2.45) is 0 Å². The van der Waals surface area contributed by atoms with Gasteiger partial charge in [0.25, 0.3) is 0 Å². The molecule has 2 aromatic heterocycles. The van der Waals surface area contributed by atoms with Gasteiger partial charge >= 0.3 is 0 Å². The van der Waals surface area contributed by atoms with Crippen LogP contribution in [-0.4, -0.2) is 46.0 Å². The Morgan fingerprint density at radius 2 is 2.26 bits per heavy atom. The van der Waals surface area contributed by atoms with E-state index >= 15 is 0 Å². The molecule has 0 bridgehead atoms. The van der Waals surface area contributed by atoms with Crippen LogP contribution in [0, 0.1) is 0 Å². The van der Waals surface area contributed by atoms with Crippen LogP contribution in [0.2, 0.25) is 0 Å². The Bertz CT molecular complexity index is 574. The van der Waals surface area contributed by atoms with Gasteiger partial charge in [0.1, 0.15) is 0 Å². The van der Waals surface area contributed by atoms with E-state index in [1.807, 2.05) is 18.5 Å². The Kier molecular flexibility index (Phi) is 3.66. The number of nitrogens with zero attached hydrogens (tertiary/aromatic N) is 4. The van der Waals surface area contributed by atoms with Crippen LogP contribution in [0.5, 0.6) is 0 Å². The van der Waals surface area contributed by atoms with Crippen molar-refractivity contribution < 1.29 is 0 Å². The van der Waals surface area contributed by atoms with Crippen LogP contribution in [0.15, 0.2) is 30.7 Å². The second kappa shape index (κ2) is 5.43. The van der Waals surface area contributed by atoms with Crippen molar-refractivity contribution in [2.75, 3.05) is 31.1 Å².